The van der Waals surface area contributed by atoms with Crippen molar-refractivity contribution >= 4 is 33.0 Å². The molecule has 0 bridgehead atoms. The van der Waals surface area contributed by atoms with Crippen LogP contribution >= 0.6 is 15.6 Å². The quantitative estimate of drug-likeness (QED) is 0.0998. The Labute approximate surface area is 228 Å². The highest BCUT2D eigenvalue weighted by Gasteiger charge is 2.45. The number of nitrogens with two attached hydrogens (primary N) is 1. The molecule has 1 amide bonds. The second-order valence-corrected chi connectivity index (χ2v) is 11.8. The topological polar surface area (TPSA) is 257 Å². The van der Waals surface area contributed by atoms with Gasteiger partial charge in [-0.05, 0) is 31.0 Å². The number of nitrogens with zero attached hydrogens (tertiary/aromatic N) is 2. The number of rotatable bonds is 14. The van der Waals surface area contributed by atoms with Crippen LogP contribution < -0.4 is 27.1 Å². The predicted octanol–water partition coefficient (Wildman–Crippen LogP) is -0.480. The first-order chi connectivity index (χ1) is 18.8. The minimum atomic E-state index is -5.15. The fraction of sp³-hybridized carbons (Fsp3) is 0.476. The van der Waals surface area contributed by atoms with Crippen LogP contribution in [0, 0.1) is 0 Å². The molecule has 0 spiro atoms. The maximum atomic E-state index is 12.3. The minimum absolute atomic E-state index is 0.0762. The molecule has 1 aromatic carbocycles. The number of anilines is 2. The van der Waals surface area contributed by atoms with Crippen LogP contribution in [-0.2, 0) is 22.7 Å². The summed E-state index contributed by atoms with van der Waals surface area (Å²) >= 11 is 0. The molecule has 2 aromatic rings. The van der Waals surface area contributed by atoms with Crippen LogP contribution in [0.25, 0.3) is 0 Å². The second-order valence-electron chi connectivity index (χ2n) is 8.62. The Morgan fingerprint density at radius 3 is 2.55 bits per heavy atom. The van der Waals surface area contributed by atoms with Crippen molar-refractivity contribution in [1.29, 1.82) is 0 Å². The fourth-order valence-corrected chi connectivity index (χ4v) is 6.06. The molecule has 2 heterocycles. The first kappa shape index (κ1) is 31.8. The van der Waals surface area contributed by atoms with E-state index < -0.39 is 52.4 Å². The summed E-state index contributed by atoms with van der Waals surface area (Å²) in [5.41, 5.74) is 5.67. The van der Waals surface area contributed by atoms with Gasteiger partial charge in [0.15, 0.2) is 6.23 Å². The molecule has 6 atom stereocenters. The van der Waals surface area contributed by atoms with E-state index in [-0.39, 0.29) is 24.8 Å². The van der Waals surface area contributed by atoms with E-state index >= 15 is 0 Å². The number of benzene rings is 1. The van der Waals surface area contributed by atoms with Crippen LogP contribution in [0.2, 0.25) is 0 Å². The Morgan fingerprint density at radius 1 is 1.15 bits per heavy atom. The lowest BCUT2D eigenvalue weighted by Gasteiger charge is -2.19. The molecule has 0 radical (unpaired) electrons. The van der Waals surface area contributed by atoms with Crippen molar-refractivity contribution in [1.82, 2.24) is 20.0 Å². The van der Waals surface area contributed by atoms with Gasteiger partial charge in [0.1, 0.15) is 24.1 Å². The van der Waals surface area contributed by atoms with Crippen LogP contribution in [-0.4, -0.2) is 80.5 Å². The van der Waals surface area contributed by atoms with E-state index in [1.807, 2.05) is 0 Å². The number of unbranched alkanes of at least 4 members (excludes halogenated alkanes) is 1. The lowest BCUT2D eigenvalue weighted by molar-refractivity contribution is -0.0540. The summed E-state index contributed by atoms with van der Waals surface area (Å²) in [6.45, 7) is -0.665. The van der Waals surface area contributed by atoms with E-state index in [0.717, 1.165) is 4.57 Å². The van der Waals surface area contributed by atoms with Crippen LogP contribution in [0.5, 0.6) is 0 Å². The minimum Gasteiger partial charge on any atom is -0.387 e. The van der Waals surface area contributed by atoms with Gasteiger partial charge in [-0.2, -0.15) is 9.29 Å². The van der Waals surface area contributed by atoms with Gasteiger partial charge in [-0.3, -0.25) is 13.9 Å². The summed E-state index contributed by atoms with van der Waals surface area (Å²) in [5, 5.41) is 28.2. The lowest BCUT2D eigenvalue weighted by atomic mass is 10.1. The van der Waals surface area contributed by atoms with Crippen molar-refractivity contribution in [3.8, 4) is 0 Å². The lowest BCUT2D eigenvalue weighted by Crippen LogP contribution is -2.36. The fourth-order valence-electron chi connectivity index (χ4n) is 3.74. The van der Waals surface area contributed by atoms with E-state index in [9.17, 15) is 38.7 Å². The largest absolute Gasteiger partial charge is 0.480 e. The summed E-state index contributed by atoms with van der Waals surface area (Å²) in [6.07, 6.45) is -4.20. The molecule has 3 rings (SSSR count). The number of nitrogen functional groups attached to an aromatic ring is 1. The van der Waals surface area contributed by atoms with Gasteiger partial charge in [-0.25, -0.2) is 19.0 Å². The standard InChI is InChI=1S/C21H32N6O11P2/c1-23-14-7-3-2-6-13(14)19(30)24-9-4-5-10-25-39(32,33)38-40(34,35)36-12-15-17(28)18(29)20(37-15)27-11-8-16(22)26-21(27)31/h2-3,6-8,11,15,17-18,20,23,28-29H,4-5,9-10,12H2,1H3,(H,24,30)(H,34,35)(H2,22,26,31)(H2,25,32,33)/t15-,17-,18-,20-/m1/s1. The van der Waals surface area contributed by atoms with Crippen molar-refractivity contribution in [2.75, 3.05) is 37.8 Å². The number of aliphatic hydroxyl groups is 2. The average Bonchev–Trinajstić information content (AvgIpc) is 3.17. The highest BCUT2D eigenvalue weighted by molar-refractivity contribution is 7.62. The summed E-state index contributed by atoms with van der Waals surface area (Å²) in [5.74, 6) is -0.368. The number of carbonyl (C=O) groups excluding carboxylic acids is 1. The molecule has 1 aromatic heterocycles. The maximum absolute atomic E-state index is 12.3. The zero-order valence-electron chi connectivity index (χ0n) is 21.3. The third-order valence-electron chi connectivity index (χ3n) is 5.72. The number of phosphoric acid groups is 1. The SMILES string of the molecule is CNc1ccccc1C(=O)NCCCCNP(=O)(O)OP(=O)(O)OC[C@H]1O[C@@H](n2ccc(N)nc2=O)[C@H](O)[C@@H]1O. The van der Waals surface area contributed by atoms with Crippen molar-refractivity contribution < 1.29 is 47.5 Å². The molecule has 1 fully saturated rings. The second kappa shape index (κ2) is 13.8. The number of aliphatic hydroxyl groups excluding tert-OH is 2. The van der Waals surface area contributed by atoms with Gasteiger partial charge in [0, 0.05) is 32.0 Å². The molecule has 17 nitrogen and oxygen atoms in total. The molecule has 222 valence electrons. The number of nitrogens with one attached hydrogen (secondary N) is 3. The molecule has 0 aliphatic carbocycles. The smallest absolute Gasteiger partial charge is 0.387 e. The first-order valence-corrected chi connectivity index (χ1v) is 15.1. The summed E-state index contributed by atoms with van der Waals surface area (Å²) < 4.78 is 39.7. The van der Waals surface area contributed by atoms with Crippen molar-refractivity contribution in [2.45, 2.75) is 37.4 Å². The van der Waals surface area contributed by atoms with Gasteiger partial charge >= 0.3 is 21.3 Å². The third kappa shape index (κ3) is 8.65. The molecule has 9 N–H and O–H groups in total. The number of phosphoric ester groups is 1. The van der Waals surface area contributed by atoms with Gasteiger partial charge in [-0.15, -0.1) is 0 Å². The van der Waals surface area contributed by atoms with Gasteiger partial charge in [-0.1, -0.05) is 12.1 Å². The Bertz CT molecular complexity index is 1330. The summed E-state index contributed by atoms with van der Waals surface area (Å²) in [4.78, 5) is 47.5. The highest BCUT2D eigenvalue weighted by Crippen LogP contribution is 2.57. The number of aromatic nitrogens is 2. The molecular formula is C21H32N6O11P2. The van der Waals surface area contributed by atoms with E-state index in [4.69, 9.17) is 10.5 Å². The van der Waals surface area contributed by atoms with E-state index in [1.54, 1.807) is 31.3 Å². The molecule has 1 aliphatic rings. The van der Waals surface area contributed by atoms with Gasteiger partial charge in [0.2, 0.25) is 0 Å². The van der Waals surface area contributed by atoms with Crippen LogP contribution in [0.1, 0.15) is 29.4 Å². The zero-order valence-corrected chi connectivity index (χ0v) is 23.1. The van der Waals surface area contributed by atoms with Gasteiger partial charge in [0.05, 0.1) is 12.2 Å². The van der Waals surface area contributed by atoms with Crippen molar-refractivity contribution in [3.05, 3.63) is 52.6 Å². The normalized spacial score (nSPS) is 23.7. The molecule has 1 saturated heterocycles. The highest BCUT2D eigenvalue weighted by atomic mass is 31.3. The number of ether oxygens (including phenoxy) is 1. The monoisotopic (exact) mass is 606 g/mol. The van der Waals surface area contributed by atoms with Crippen LogP contribution in [0.3, 0.4) is 0 Å². The van der Waals surface area contributed by atoms with E-state index in [1.165, 1.54) is 12.3 Å². The third-order valence-corrected chi connectivity index (χ3v) is 8.53. The maximum Gasteiger partial charge on any atom is 0.480 e. The van der Waals surface area contributed by atoms with Crippen LogP contribution in [0.15, 0.2) is 41.3 Å². The molecule has 1 aliphatic heterocycles. The first-order valence-electron chi connectivity index (χ1n) is 12.0. The Morgan fingerprint density at radius 2 is 1.85 bits per heavy atom. The molecule has 2 unspecified atom stereocenters. The summed E-state index contributed by atoms with van der Waals surface area (Å²) in [7, 11) is -8.25. The summed E-state index contributed by atoms with van der Waals surface area (Å²) in [6, 6.07) is 8.19. The predicted molar refractivity (Wildman–Crippen MR) is 141 cm³/mol. The Kier molecular flexibility index (Phi) is 11.0. The van der Waals surface area contributed by atoms with Gasteiger partial charge < -0.3 is 41.1 Å². The number of para-hydroxylation sites is 1. The molecule has 19 heteroatoms. The number of carbonyl (C=O) groups is 1. The Hall–Kier alpha value is -2.69. The number of hydrogen-bond donors (Lipinski definition) is 8. The average molecular weight is 606 g/mol. The van der Waals surface area contributed by atoms with E-state index in [2.05, 4.69) is 29.5 Å². The number of amides is 1. The molecular weight excluding hydrogens is 574 g/mol. The van der Waals surface area contributed by atoms with Gasteiger partial charge in [0.25, 0.3) is 5.91 Å². The molecule has 40 heavy (non-hydrogen) atoms. The zero-order chi connectivity index (χ0) is 29.5. The van der Waals surface area contributed by atoms with Crippen LogP contribution in [0.4, 0.5) is 11.5 Å². The van der Waals surface area contributed by atoms with Crippen molar-refractivity contribution in [3.63, 3.8) is 0 Å². The number of hydrogen-bond acceptors (Lipinski definition) is 12. The molecule has 0 saturated carbocycles. The van der Waals surface area contributed by atoms with E-state index in [0.29, 0.717) is 24.1 Å². The Balaban J connectivity index is 1.40. The van der Waals surface area contributed by atoms with Crippen molar-refractivity contribution in [2.24, 2.45) is 0 Å².